The molecule has 0 spiro atoms. The minimum atomic E-state index is -0.492. The Kier molecular flexibility index (Phi) is 4.77. The molecule has 0 bridgehead atoms. The molecular formula is C19H14N8O4. The maximum Gasteiger partial charge on any atom is 0.336 e. The Bertz CT molecular complexity index is 1350. The molecule has 0 amide bonds. The van der Waals surface area contributed by atoms with Crippen LogP contribution < -0.4 is 15.1 Å². The predicted molar refractivity (Wildman–Crippen MR) is 105 cm³/mol. The molecule has 0 aliphatic rings. The number of benzene rings is 2. The van der Waals surface area contributed by atoms with Gasteiger partial charge < -0.3 is 13.9 Å². The number of hydrogen-bond acceptors (Lipinski definition) is 10. The molecular weight excluding hydrogens is 404 g/mol. The number of ether oxygens (including phenoxy) is 2. The standard InChI is InChI=1S/C19H14N8O4/c28-18-8-13(11-4-2-1-3-5-11)19-14(30-10-17-22-26-27-23-17)6-12(7-15(19)31-18)29-9-16-20-24-25-21-16/h1-8H,9-10H2,(H,20,21,24,25)(H,22,23,26,27). The highest BCUT2D eigenvalue weighted by Crippen LogP contribution is 2.38. The summed E-state index contributed by atoms with van der Waals surface area (Å²) in [4.78, 5) is 12.3. The number of fused-ring (bicyclic) bond motifs is 1. The summed E-state index contributed by atoms with van der Waals surface area (Å²) in [6.45, 7) is 0.164. The highest BCUT2D eigenvalue weighted by Gasteiger charge is 2.16. The molecule has 0 radical (unpaired) electrons. The zero-order chi connectivity index (χ0) is 21.0. The lowest BCUT2D eigenvalue weighted by atomic mass is 10.0. The van der Waals surface area contributed by atoms with Crippen LogP contribution in [0.15, 0.2) is 57.7 Å². The maximum absolute atomic E-state index is 12.3. The summed E-state index contributed by atoms with van der Waals surface area (Å²) in [7, 11) is 0. The number of rotatable bonds is 7. The van der Waals surface area contributed by atoms with E-state index in [2.05, 4.69) is 41.2 Å². The number of H-pyrrole nitrogens is 2. The van der Waals surface area contributed by atoms with E-state index in [0.717, 1.165) is 5.56 Å². The highest BCUT2D eigenvalue weighted by molar-refractivity contribution is 5.98. The molecule has 3 aromatic heterocycles. The van der Waals surface area contributed by atoms with Crippen molar-refractivity contribution in [2.24, 2.45) is 0 Å². The summed E-state index contributed by atoms with van der Waals surface area (Å²) in [5.74, 6) is 1.71. The predicted octanol–water partition coefficient (Wildman–Crippen LogP) is 1.64. The van der Waals surface area contributed by atoms with Gasteiger partial charge in [-0.05, 0) is 26.4 Å². The second kappa shape index (κ2) is 8.02. The van der Waals surface area contributed by atoms with Gasteiger partial charge in [-0.2, -0.15) is 0 Å². The molecule has 3 heterocycles. The SMILES string of the molecule is O=c1cc(-c2ccccc2)c2c(OCc3nnn[nH]3)cc(OCc3nnn[nH]3)cc2o1. The summed E-state index contributed by atoms with van der Waals surface area (Å²) in [6, 6.07) is 14.2. The van der Waals surface area contributed by atoms with E-state index in [1.165, 1.54) is 6.07 Å². The molecule has 2 N–H and O–H groups in total. The van der Waals surface area contributed by atoms with Crippen molar-refractivity contribution >= 4 is 11.0 Å². The van der Waals surface area contributed by atoms with E-state index >= 15 is 0 Å². The molecule has 0 aliphatic heterocycles. The fourth-order valence-electron chi connectivity index (χ4n) is 3.06. The Balaban J connectivity index is 1.61. The Morgan fingerprint density at radius 3 is 2.26 bits per heavy atom. The van der Waals surface area contributed by atoms with Crippen LogP contribution in [-0.2, 0) is 13.2 Å². The maximum atomic E-state index is 12.3. The molecule has 5 rings (SSSR count). The average Bonchev–Trinajstić information content (AvgIpc) is 3.50. The van der Waals surface area contributed by atoms with E-state index in [9.17, 15) is 4.79 Å². The van der Waals surface area contributed by atoms with Crippen LogP contribution in [0.1, 0.15) is 11.6 Å². The summed E-state index contributed by atoms with van der Waals surface area (Å²) in [5, 5.41) is 27.6. The molecule has 0 fully saturated rings. The number of hydrogen-bond donors (Lipinski definition) is 2. The normalized spacial score (nSPS) is 11.0. The second-order valence-electron chi connectivity index (χ2n) is 6.41. The lowest BCUT2D eigenvalue weighted by Crippen LogP contribution is -2.04. The van der Waals surface area contributed by atoms with Gasteiger partial charge >= 0.3 is 5.63 Å². The zero-order valence-corrected chi connectivity index (χ0v) is 15.8. The fourth-order valence-corrected chi connectivity index (χ4v) is 3.06. The fraction of sp³-hybridized carbons (Fsp3) is 0.105. The summed E-state index contributed by atoms with van der Waals surface area (Å²) >= 11 is 0. The van der Waals surface area contributed by atoms with E-state index in [0.29, 0.717) is 39.7 Å². The molecule has 0 saturated heterocycles. The zero-order valence-electron chi connectivity index (χ0n) is 15.8. The quantitative estimate of drug-likeness (QED) is 0.372. The molecule has 12 nitrogen and oxygen atoms in total. The van der Waals surface area contributed by atoms with Crippen molar-refractivity contribution in [2.75, 3.05) is 0 Å². The molecule has 0 saturated carbocycles. The van der Waals surface area contributed by atoms with Gasteiger partial charge in [0.25, 0.3) is 0 Å². The van der Waals surface area contributed by atoms with Crippen LogP contribution in [0, 0.1) is 0 Å². The first-order valence-corrected chi connectivity index (χ1v) is 9.14. The third-order valence-electron chi connectivity index (χ3n) is 4.38. The first-order chi connectivity index (χ1) is 15.3. The largest absolute Gasteiger partial charge is 0.485 e. The van der Waals surface area contributed by atoms with Crippen molar-refractivity contribution < 1.29 is 13.9 Å². The van der Waals surface area contributed by atoms with Crippen LogP contribution in [0.4, 0.5) is 0 Å². The van der Waals surface area contributed by atoms with Gasteiger partial charge in [-0.15, -0.1) is 10.2 Å². The number of aromatic amines is 2. The van der Waals surface area contributed by atoms with E-state index in [-0.39, 0.29) is 13.2 Å². The third-order valence-corrected chi connectivity index (χ3v) is 4.38. The first kappa shape index (κ1) is 18.4. The summed E-state index contributed by atoms with van der Waals surface area (Å²) in [6.07, 6.45) is 0. The van der Waals surface area contributed by atoms with Crippen molar-refractivity contribution in [1.82, 2.24) is 41.2 Å². The van der Waals surface area contributed by atoms with E-state index in [4.69, 9.17) is 13.9 Å². The van der Waals surface area contributed by atoms with Gasteiger partial charge in [0, 0.05) is 23.8 Å². The summed E-state index contributed by atoms with van der Waals surface area (Å²) < 4.78 is 17.2. The smallest absolute Gasteiger partial charge is 0.336 e. The molecule has 0 unspecified atom stereocenters. The summed E-state index contributed by atoms with van der Waals surface area (Å²) in [5.41, 5.74) is 1.33. The van der Waals surface area contributed by atoms with Gasteiger partial charge in [-0.25, -0.2) is 15.0 Å². The lowest BCUT2D eigenvalue weighted by Gasteiger charge is -2.14. The highest BCUT2D eigenvalue weighted by atomic mass is 16.5. The Morgan fingerprint density at radius 1 is 0.871 bits per heavy atom. The molecule has 0 aliphatic carbocycles. The number of nitrogens with one attached hydrogen (secondary N) is 2. The Morgan fingerprint density at radius 2 is 1.58 bits per heavy atom. The van der Waals surface area contributed by atoms with Gasteiger partial charge in [0.1, 0.15) is 30.3 Å². The van der Waals surface area contributed by atoms with E-state index in [1.807, 2.05) is 30.3 Å². The first-order valence-electron chi connectivity index (χ1n) is 9.14. The van der Waals surface area contributed by atoms with Crippen LogP contribution in [0.5, 0.6) is 11.5 Å². The Hall–Kier alpha value is -4.61. The molecule has 31 heavy (non-hydrogen) atoms. The molecule has 5 aromatic rings. The Labute approximate surface area is 173 Å². The van der Waals surface area contributed by atoms with Crippen LogP contribution in [0.25, 0.3) is 22.1 Å². The van der Waals surface area contributed by atoms with Gasteiger partial charge in [-0.1, -0.05) is 30.3 Å². The van der Waals surface area contributed by atoms with Crippen LogP contribution >= 0.6 is 0 Å². The van der Waals surface area contributed by atoms with Crippen molar-refractivity contribution in [3.63, 3.8) is 0 Å². The number of aromatic nitrogens is 8. The van der Waals surface area contributed by atoms with E-state index < -0.39 is 5.63 Å². The van der Waals surface area contributed by atoms with Crippen LogP contribution in [0.3, 0.4) is 0 Å². The minimum Gasteiger partial charge on any atom is -0.485 e. The third kappa shape index (κ3) is 3.94. The van der Waals surface area contributed by atoms with Crippen molar-refractivity contribution in [3.8, 4) is 22.6 Å². The topological polar surface area (TPSA) is 158 Å². The van der Waals surface area contributed by atoms with Gasteiger partial charge in [-0.3, -0.25) is 0 Å². The molecule has 0 atom stereocenters. The minimum absolute atomic E-state index is 0.0743. The van der Waals surface area contributed by atoms with Crippen molar-refractivity contribution in [2.45, 2.75) is 13.2 Å². The lowest BCUT2D eigenvalue weighted by molar-refractivity contribution is 0.282. The van der Waals surface area contributed by atoms with Gasteiger partial charge in [0.05, 0.1) is 5.39 Å². The second-order valence-corrected chi connectivity index (χ2v) is 6.41. The van der Waals surface area contributed by atoms with Gasteiger partial charge in [0.2, 0.25) is 0 Å². The van der Waals surface area contributed by atoms with Gasteiger partial charge in [0.15, 0.2) is 11.6 Å². The van der Waals surface area contributed by atoms with Crippen LogP contribution in [0.2, 0.25) is 0 Å². The molecule has 12 heteroatoms. The van der Waals surface area contributed by atoms with Crippen molar-refractivity contribution in [3.05, 3.63) is 70.6 Å². The molecule has 154 valence electrons. The monoisotopic (exact) mass is 418 g/mol. The van der Waals surface area contributed by atoms with Crippen molar-refractivity contribution in [1.29, 1.82) is 0 Å². The number of nitrogens with zero attached hydrogens (tertiary/aromatic N) is 6. The molecule has 2 aromatic carbocycles. The van der Waals surface area contributed by atoms with E-state index in [1.54, 1.807) is 12.1 Å². The average molecular weight is 418 g/mol. The number of tetrazole rings is 2. The van der Waals surface area contributed by atoms with Crippen LogP contribution in [-0.4, -0.2) is 41.2 Å².